The molecular weight excluding hydrogens is 1140 g/mol. The van der Waals surface area contributed by atoms with E-state index < -0.39 is 58.6 Å². The first-order chi connectivity index (χ1) is 43.1. The number of unbranched alkanes of at least 4 members (excludes halogenated alkanes) is 2. The Balaban J connectivity index is 0.000000218. The Hall–Kier alpha value is -10.3. The van der Waals surface area contributed by atoms with Gasteiger partial charge in [0.25, 0.3) is 11.4 Å². The number of nitro benzene ring substituents is 2. The van der Waals surface area contributed by atoms with E-state index in [4.69, 9.17) is 18.9 Å². The third-order valence-corrected chi connectivity index (χ3v) is 14.1. The standard InChI is InChI=1S/2C18H20N2O2.2C17H20N2O4/c1-12(2)11-20-18(21)22-13(3)16-9-5-7-14-6-4-8-15(10-19)17(14)16;1-3-4-11-20-18(21)22-13(2)16-10-6-8-14-7-5-9-15(12-19)17(14)16;1-11(2)10-18-17(20)23-12(3)14-8-4-6-13-7-5-9-15(16(13)14)19(21)22;1-3-4-11-18-17(20)23-12(2)14-9-5-7-13-8-6-10-15(16(13)14)19(21)22/h4-9,12-13H,11H2,1-3H3,(H,20,21);5-10,13H,3-4,11H2,1-2H3,(H,20,21);4-9,11-12H,10H2,1-3H3,(H,18,20);5-10,12H,3-4,11H2,1-2H3,(H,18,20). The fourth-order valence-electron chi connectivity index (χ4n) is 9.66. The van der Waals surface area contributed by atoms with Gasteiger partial charge < -0.3 is 40.2 Å². The van der Waals surface area contributed by atoms with Crippen LogP contribution in [0.2, 0.25) is 0 Å². The number of fused-ring (bicyclic) bond motifs is 4. The first-order valence-corrected chi connectivity index (χ1v) is 30.1. The van der Waals surface area contributed by atoms with E-state index >= 15 is 0 Å². The zero-order valence-corrected chi connectivity index (χ0v) is 52.7. The van der Waals surface area contributed by atoms with Gasteiger partial charge in [-0.25, -0.2) is 19.2 Å². The summed E-state index contributed by atoms with van der Waals surface area (Å²) in [6.45, 7) is 21.4. The molecule has 0 spiro atoms. The summed E-state index contributed by atoms with van der Waals surface area (Å²) in [5.74, 6) is 0.683. The van der Waals surface area contributed by atoms with Gasteiger partial charge >= 0.3 is 24.4 Å². The minimum Gasteiger partial charge on any atom is -0.442 e. The average Bonchev–Trinajstić information content (AvgIpc) is 0.924. The molecule has 0 bridgehead atoms. The van der Waals surface area contributed by atoms with Crippen molar-refractivity contribution in [2.75, 3.05) is 26.2 Å². The van der Waals surface area contributed by atoms with Crippen LogP contribution >= 0.6 is 0 Å². The summed E-state index contributed by atoms with van der Waals surface area (Å²) in [6.07, 6.45) is -0.114. The lowest BCUT2D eigenvalue weighted by atomic mass is 9.97. The van der Waals surface area contributed by atoms with Gasteiger partial charge in [-0.1, -0.05) is 176 Å². The van der Waals surface area contributed by atoms with Crippen molar-refractivity contribution in [3.63, 3.8) is 0 Å². The number of nitrogens with zero attached hydrogens (tertiary/aromatic N) is 4. The zero-order chi connectivity index (χ0) is 65.9. The Kier molecular flexibility index (Phi) is 27.7. The Morgan fingerprint density at radius 3 is 0.933 bits per heavy atom. The molecule has 20 nitrogen and oxygen atoms in total. The molecule has 0 heterocycles. The van der Waals surface area contributed by atoms with Gasteiger partial charge in [-0.15, -0.1) is 0 Å². The number of benzene rings is 8. The number of non-ortho nitro benzene ring substituents is 2. The molecule has 8 rings (SSSR count). The van der Waals surface area contributed by atoms with E-state index in [-0.39, 0.29) is 11.4 Å². The molecule has 0 aliphatic heterocycles. The quantitative estimate of drug-likeness (QED) is 0.0239. The van der Waals surface area contributed by atoms with Gasteiger partial charge in [0.2, 0.25) is 0 Å². The number of carbonyl (C=O) groups excluding carboxylic acids is 4. The highest BCUT2D eigenvalue weighted by Crippen LogP contribution is 2.36. The molecule has 0 aliphatic carbocycles. The largest absolute Gasteiger partial charge is 0.442 e. The molecule has 4 unspecified atom stereocenters. The van der Waals surface area contributed by atoms with Gasteiger partial charge in [0.15, 0.2) is 0 Å². The third-order valence-electron chi connectivity index (χ3n) is 14.1. The van der Waals surface area contributed by atoms with Crippen molar-refractivity contribution in [1.29, 1.82) is 10.5 Å². The third kappa shape index (κ3) is 20.4. The van der Waals surface area contributed by atoms with E-state index in [2.05, 4.69) is 40.3 Å². The first kappa shape index (κ1) is 70.4. The second-order valence-electron chi connectivity index (χ2n) is 22.0. The molecule has 90 heavy (non-hydrogen) atoms. The second kappa shape index (κ2) is 35.5. The number of hydrogen-bond donors (Lipinski definition) is 4. The molecule has 0 aromatic heterocycles. The SMILES string of the molecule is CC(C)CNC(=O)OC(C)c1cccc2cccc(C#N)c12.CC(C)CNC(=O)OC(C)c1cccc2cccc([N+](=O)[O-])c12.CCCCNC(=O)OC(C)c1cccc2cccc(C#N)c12.CCCCNC(=O)OC(C)c1cccc2cccc([N+](=O)[O-])c12. The van der Waals surface area contributed by atoms with Crippen LogP contribution in [0, 0.1) is 54.7 Å². The Labute approximate surface area is 525 Å². The summed E-state index contributed by atoms with van der Waals surface area (Å²) in [4.78, 5) is 68.9. The number of ether oxygens (including phenoxy) is 4. The summed E-state index contributed by atoms with van der Waals surface area (Å²) in [5.41, 5.74) is 4.14. The molecule has 4 atom stereocenters. The Bertz CT molecular complexity index is 3840. The van der Waals surface area contributed by atoms with Crippen LogP contribution in [0.3, 0.4) is 0 Å². The molecule has 0 saturated carbocycles. The Morgan fingerprint density at radius 1 is 0.411 bits per heavy atom. The molecule has 0 fully saturated rings. The molecule has 20 heteroatoms. The average molecular weight is 1230 g/mol. The van der Waals surface area contributed by atoms with Gasteiger partial charge in [0.05, 0.1) is 43.9 Å². The molecular formula is C70H80N8O12. The van der Waals surface area contributed by atoms with Crippen LogP contribution in [0.15, 0.2) is 146 Å². The molecule has 4 amide bonds. The Morgan fingerprint density at radius 2 is 0.667 bits per heavy atom. The predicted molar refractivity (Wildman–Crippen MR) is 350 cm³/mol. The molecule has 8 aromatic carbocycles. The topological polar surface area (TPSA) is 287 Å². The first-order valence-electron chi connectivity index (χ1n) is 30.1. The van der Waals surface area contributed by atoms with E-state index in [9.17, 15) is 49.9 Å². The highest BCUT2D eigenvalue weighted by Gasteiger charge is 2.24. The van der Waals surface area contributed by atoms with Crippen LogP contribution in [0.1, 0.15) is 153 Å². The lowest BCUT2D eigenvalue weighted by Crippen LogP contribution is -2.28. The molecule has 4 N–H and O–H groups in total. The summed E-state index contributed by atoms with van der Waals surface area (Å²) >= 11 is 0. The molecule has 0 saturated heterocycles. The number of nitriles is 2. The monoisotopic (exact) mass is 1220 g/mol. The molecule has 0 radical (unpaired) electrons. The summed E-state index contributed by atoms with van der Waals surface area (Å²) in [5, 5.41) is 58.1. The minimum absolute atomic E-state index is 0.0103. The van der Waals surface area contributed by atoms with Crippen molar-refractivity contribution in [1.82, 2.24) is 21.3 Å². The highest BCUT2D eigenvalue weighted by atomic mass is 16.6. The number of carbonyl (C=O) groups is 4. The van der Waals surface area contributed by atoms with Crippen LogP contribution in [-0.2, 0) is 18.9 Å². The van der Waals surface area contributed by atoms with Crippen LogP contribution in [0.4, 0.5) is 30.6 Å². The van der Waals surface area contributed by atoms with Crippen LogP contribution in [-0.4, -0.2) is 60.4 Å². The number of amides is 4. The summed E-state index contributed by atoms with van der Waals surface area (Å²) < 4.78 is 21.6. The van der Waals surface area contributed by atoms with Gasteiger partial charge in [-0.3, -0.25) is 20.2 Å². The van der Waals surface area contributed by atoms with Crippen LogP contribution in [0.5, 0.6) is 0 Å². The zero-order valence-electron chi connectivity index (χ0n) is 52.7. The molecule has 0 aliphatic rings. The van der Waals surface area contributed by atoms with Gasteiger partial charge in [-0.2, -0.15) is 10.5 Å². The second-order valence-corrected chi connectivity index (χ2v) is 22.0. The maximum Gasteiger partial charge on any atom is 0.407 e. The van der Waals surface area contributed by atoms with E-state index in [1.54, 1.807) is 86.6 Å². The number of hydrogen-bond acceptors (Lipinski definition) is 14. The maximum absolute atomic E-state index is 11.8. The minimum atomic E-state index is -0.591. The number of rotatable bonds is 20. The van der Waals surface area contributed by atoms with E-state index in [1.807, 2.05) is 109 Å². The van der Waals surface area contributed by atoms with Crippen LogP contribution < -0.4 is 21.3 Å². The molecule has 472 valence electrons. The van der Waals surface area contributed by atoms with Crippen molar-refractivity contribution >= 4 is 78.8 Å². The number of nitrogens with one attached hydrogen (secondary N) is 4. The lowest BCUT2D eigenvalue weighted by Gasteiger charge is -2.17. The smallest absolute Gasteiger partial charge is 0.407 e. The fourth-order valence-corrected chi connectivity index (χ4v) is 9.66. The van der Waals surface area contributed by atoms with E-state index in [0.29, 0.717) is 71.0 Å². The van der Waals surface area contributed by atoms with Crippen LogP contribution in [0.25, 0.3) is 43.1 Å². The van der Waals surface area contributed by atoms with Crippen molar-refractivity contribution < 1.29 is 48.0 Å². The number of alkyl carbamates (subject to hydrolysis) is 4. The summed E-state index contributed by atoms with van der Waals surface area (Å²) in [6, 6.07) is 47.6. The van der Waals surface area contributed by atoms with Crippen molar-refractivity contribution in [3.05, 3.63) is 199 Å². The van der Waals surface area contributed by atoms with E-state index in [1.165, 1.54) is 12.1 Å². The van der Waals surface area contributed by atoms with Gasteiger partial charge in [0, 0.05) is 71.3 Å². The lowest BCUT2D eigenvalue weighted by molar-refractivity contribution is -0.383. The van der Waals surface area contributed by atoms with E-state index in [0.717, 1.165) is 69.1 Å². The van der Waals surface area contributed by atoms with Crippen molar-refractivity contribution in [2.24, 2.45) is 11.8 Å². The maximum atomic E-state index is 11.8. The molecule has 8 aromatic rings. The number of nitro groups is 2. The van der Waals surface area contributed by atoms with Gasteiger partial charge in [0.1, 0.15) is 24.4 Å². The highest BCUT2D eigenvalue weighted by molar-refractivity contribution is 5.96. The normalized spacial score (nSPS) is 11.9. The van der Waals surface area contributed by atoms with Crippen molar-refractivity contribution in [3.8, 4) is 12.1 Å². The van der Waals surface area contributed by atoms with Crippen molar-refractivity contribution in [2.45, 2.75) is 119 Å². The summed E-state index contributed by atoms with van der Waals surface area (Å²) in [7, 11) is 0. The predicted octanol–water partition coefficient (Wildman–Crippen LogP) is 17.0. The fraction of sp³-hybridized carbons (Fsp3) is 0.343. The van der Waals surface area contributed by atoms with Gasteiger partial charge in [-0.05, 0) is 86.1 Å².